The molecule has 4 aromatic rings. The molecule has 0 aliphatic rings. The molecule has 1 N–H and O–H groups in total. The number of rotatable bonds is 4. The minimum atomic E-state index is -4.42. The van der Waals surface area contributed by atoms with Gasteiger partial charge in [-0.3, -0.25) is 4.98 Å². The van der Waals surface area contributed by atoms with Crippen molar-refractivity contribution in [3.63, 3.8) is 0 Å². The molecular weight excluding hydrogens is 415 g/mol. The first kappa shape index (κ1) is 20.1. The predicted molar refractivity (Wildman–Crippen MR) is 108 cm³/mol. The monoisotopic (exact) mass is 431 g/mol. The summed E-state index contributed by atoms with van der Waals surface area (Å²) in [5.74, 6) is 0. The fraction of sp³-hybridized carbons (Fsp3) is 0.0952. The van der Waals surface area contributed by atoms with E-state index in [-0.39, 0.29) is 4.90 Å². The van der Waals surface area contributed by atoms with Crippen LogP contribution in [0.2, 0.25) is 0 Å². The van der Waals surface area contributed by atoms with E-state index in [1.165, 1.54) is 31.3 Å². The van der Waals surface area contributed by atoms with Crippen molar-refractivity contribution in [2.75, 3.05) is 7.05 Å². The number of alkyl halides is 3. The SMILES string of the molecule is CNS(=O)(=O)c1ccc2c(c1)c(-c1ccccn1)cn2-c1ccc(C(F)(F)F)cc1. The summed E-state index contributed by atoms with van der Waals surface area (Å²) in [6.45, 7) is 0. The molecule has 0 saturated heterocycles. The van der Waals surface area contributed by atoms with Crippen molar-refractivity contribution in [2.24, 2.45) is 0 Å². The molecule has 0 amide bonds. The first-order chi connectivity index (χ1) is 14.2. The van der Waals surface area contributed by atoms with Crippen LogP contribution in [0.15, 0.2) is 78.0 Å². The molecule has 30 heavy (non-hydrogen) atoms. The number of benzene rings is 2. The Labute approximate surface area is 170 Å². The van der Waals surface area contributed by atoms with E-state index in [4.69, 9.17) is 0 Å². The fourth-order valence-corrected chi connectivity index (χ4v) is 4.00. The zero-order valence-electron chi connectivity index (χ0n) is 15.7. The van der Waals surface area contributed by atoms with E-state index >= 15 is 0 Å². The van der Waals surface area contributed by atoms with Gasteiger partial charge >= 0.3 is 6.18 Å². The van der Waals surface area contributed by atoms with E-state index in [1.807, 2.05) is 0 Å². The van der Waals surface area contributed by atoms with Gasteiger partial charge in [-0.2, -0.15) is 13.2 Å². The predicted octanol–water partition coefficient (Wildman–Crippen LogP) is 4.62. The molecule has 2 aromatic carbocycles. The van der Waals surface area contributed by atoms with Gasteiger partial charge in [0.25, 0.3) is 0 Å². The third kappa shape index (κ3) is 3.57. The number of hydrogen-bond donors (Lipinski definition) is 1. The summed E-state index contributed by atoms with van der Waals surface area (Å²) in [6.07, 6.45) is -1.07. The zero-order chi connectivity index (χ0) is 21.5. The number of halogens is 3. The van der Waals surface area contributed by atoms with Gasteiger partial charge in [0.2, 0.25) is 10.0 Å². The van der Waals surface area contributed by atoms with Crippen LogP contribution in [0.1, 0.15) is 5.56 Å². The smallest absolute Gasteiger partial charge is 0.316 e. The second kappa shape index (κ2) is 7.26. The van der Waals surface area contributed by atoms with Crippen LogP contribution in [0, 0.1) is 0 Å². The molecule has 0 spiro atoms. The molecule has 0 aliphatic heterocycles. The van der Waals surface area contributed by atoms with Crippen molar-refractivity contribution in [3.05, 3.63) is 78.6 Å². The molecule has 0 aliphatic carbocycles. The van der Waals surface area contributed by atoms with Gasteiger partial charge in [0, 0.05) is 29.0 Å². The summed E-state index contributed by atoms with van der Waals surface area (Å²) >= 11 is 0. The molecule has 154 valence electrons. The Bertz CT molecular complexity index is 1310. The number of fused-ring (bicyclic) bond motifs is 1. The van der Waals surface area contributed by atoms with Crippen molar-refractivity contribution in [1.82, 2.24) is 14.3 Å². The zero-order valence-corrected chi connectivity index (χ0v) is 16.5. The molecule has 2 heterocycles. The lowest BCUT2D eigenvalue weighted by molar-refractivity contribution is -0.137. The van der Waals surface area contributed by atoms with Gasteiger partial charge in [-0.05, 0) is 61.6 Å². The van der Waals surface area contributed by atoms with E-state index < -0.39 is 21.8 Å². The minimum absolute atomic E-state index is 0.0832. The normalized spacial score (nSPS) is 12.4. The summed E-state index contributed by atoms with van der Waals surface area (Å²) in [5.41, 5.74) is 1.70. The maximum absolute atomic E-state index is 12.9. The second-order valence-corrected chi connectivity index (χ2v) is 8.45. The Morgan fingerprint density at radius 1 is 1.00 bits per heavy atom. The maximum Gasteiger partial charge on any atom is 0.416 e. The number of nitrogens with one attached hydrogen (secondary N) is 1. The van der Waals surface area contributed by atoms with Crippen LogP contribution in [0.25, 0.3) is 27.8 Å². The molecule has 0 atom stereocenters. The highest BCUT2D eigenvalue weighted by Crippen LogP contribution is 2.34. The van der Waals surface area contributed by atoms with Crippen LogP contribution in [0.3, 0.4) is 0 Å². The van der Waals surface area contributed by atoms with Gasteiger partial charge in [-0.25, -0.2) is 13.1 Å². The lowest BCUT2D eigenvalue weighted by Crippen LogP contribution is -2.18. The van der Waals surface area contributed by atoms with Gasteiger partial charge in [0.05, 0.1) is 21.7 Å². The van der Waals surface area contributed by atoms with Gasteiger partial charge in [0.1, 0.15) is 0 Å². The molecule has 5 nitrogen and oxygen atoms in total. The molecule has 4 rings (SSSR count). The van der Waals surface area contributed by atoms with Gasteiger partial charge in [-0.1, -0.05) is 6.07 Å². The number of sulfonamides is 1. The quantitative estimate of drug-likeness (QED) is 0.513. The third-order valence-electron chi connectivity index (χ3n) is 4.77. The largest absolute Gasteiger partial charge is 0.416 e. The van der Waals surface area contributed by atoms with E-state index in [1.54, 1.807) is 41.2 Å². The maximum atomic E-state index is 12.9. The summed E-state index contributed by atoms with van der Waals surface area (Å²) < 4.78 is 67.3. The van der Waals surface area contributed by atoms with Gasteiger partial charge in [0.15, 0.2) is 0 Å². The average molecular weight is 431 g/mol. The number of pyridine rings is 1. The van der Waals surface area contributed by atoms with E-state index in [9.17, 15) is 21.6 Å². The number of hydrogen-bond acceptors (Lipinski definition) is 3. The molecule has 0 bridgehead atoms. The van der Waals surface area contributed by atoms with Gasteiger partial charge in [-0.15, -0.1) is 0 Å². The van der Waals surface area contributed by atoms with Gasteiger partial charge < -0.3 is 4.57 Å². The second-order valence-electron chi connectivity index (χ2n) is 6.56. The van der Waals surface area contributed by atoms with E-state index in [0.717, 1.165) is 12.1 Å². The highest BCUT2D eigenvalue weighted by atomic mass is 32.2. The summed E-state index contributed by atoms with van der Waals surface area (Å²) in [6, 6.07) is 14.7. The van der Waals surface area contributed by atoms with Crippen molar-refractivity contribution >= 4 is 20.9 Å². The average Bonchev–Trinajstić information content (AvgIpc) is 3.13. The standard InChI is InChI=1S/C21H16F3N3O2S/c1-25-30(28,29)16-9-10-20-17(12-16)18(19-4-2-3-11-26-19)13-27(20)15-7-5-14(6-8-15)21(22,23)24/h2-13,25H,1H3. The molecule has 0 saturated carbocycles. The highest BCUT2D eigenvalue weighted by molar-refractivity contribution is 7.89. The Morgan fingerprint density at radius 3 is 2.33 bits per heavy atom. The molecular formula is C21H16F3N3O2S. The van der Waals surface area contributed by atoms with Crippen LogP contribution < -0.4 is 4.72 Å². The molecule has 2 aromatic heterocycles. The minimum Gasteiger partial charge on any atom is -0.316 e. The summed E-state index contributed by atoms with van der Waals surface area (Å²) in [4.78, 5) is 4.42. The van der Waals surface area contributed by atoms with Crippen LogP contribution in [0.5, 0.6) is 0 Å². The van der Waals surface area contributed by atoms with E-state index in [0.29, 0.717) is 27.8 Å². The first-order valence-electron chi connectivity index (χ1n) is 8.88. The van der Waals surface area contributed by atoms with Crippen molar-refractivity contribution in [1.29, 1.82) is 0 Å². The molecule has 0 fully saturated rings. The topological polar surface area (TPSA) is 64.0 Å². The van der Waals surface area contributed by atoms with E-state index in [2.05, 4.69) is 9.71 Å². The summed E-state index contributed by atoms with van der Waals surface area (Å²) in [5, 5.41) is 0.616. The van der Waals surface area contributed by atoms with Crippen molar-refractivity contribution in [2.45, 2.75) is 11.1 Å². The fourth-order valence-electron chi connectivity index (χ4n) is 3.24. The van der Waals surface area contributed by atoms with Crippen LogP contribution >= 0.6 is 0 Å². The number of aromatic nitrogens is 2. The Balaban J connectivity index is 1.95. The Hall–Kier alpha value is -3.17. The van der Waals surface area contributed by atoms with Crippen molar-refractivity contribution in [3.8, 4) is 16.9 Å². The summed E-state index contributed by atoms with van der Waals surface area (Å²) in [7, 11) is -2.34. The van der Waals surface area contributed by atoms with Crippen molar-refractivity contribution < 1.29 is 21.6 Å². The molecule has 0 radical (unpaired) electrons. The highest BCUT2D eigenvalue weighted by Gasteiger charge is 2.30. The Morgan fingerprint density at radius 2 is 1.73 bits per heavy atom. The lowest BCUT2D eigenvalue weighted by Gasteiger charge is -2.09. The lowest BCUT2D eigenvalue weighted by atomic mass is 10.1. The number of nitrogens with zero attached hydrogens (tertiary/aromatic N) is 2. The van der Waals surface area contributed by atoms with Crippen LogP contribution in [0.4, 0.5) is 13.2 Å². The molecule has 9 heteroatoms. The Kier molecular flexibility index (Phi) is 4.87. The van der Waals surface area contributed by atoms with Crippen LogP contribution in [-0.2, 0) is 16.2 Å². The molecule has 0 unspecified atom stereocenters. The van der Waals surface area contributed by atoms with Crippen LogP contribution in [-0.4, -0.2) is 25.0 Å². The third-order valence-corrected chi connectivity index (χ3v) is 6.18. The first-order valence-corrected chi connectivity index (χ1v) is 10.4.